The molecule has 3 rings (SSSR count). The molecule has 1 aliphatic heterocycles. The van der Waals surface area contributed by atoms with Crippen LogP contribution in [-0.4, -0.2) is 23.4 Å². The van der Waals surface area contributed by atoms with Crippen molar-refractivity contribution in [1.82, 2.24) is 15.8 Å². The van der Waals surface area contributed by atoms with Crippen LogP contribution in [0.15, 0.2) is 29.8 Å². The van der Waals surface area contributed by atoms with Crippen molar-refractivity contribution in [3.05, 3.63) is 51.5 Å². The summed E-state index contributed by atoms with van der Waals surface area (Å²) >= 11 is 1.23. The van der Waals surface area contributed by atoms with Gasteiger partial charge >= 0.3 is 0 Å². The molecule has 2 amide bonds. The van der Waals surface area contributed by atoms with Crippen LogP contribution in [0.2, 0.25) is 0 Å². The molecule has 0 spiro atoms. The van der Waals surface area contributed by atoms with Crippen LogP contribution in [0.5, 0.6) is 0 Å². The van der Waals surface area contributed by atoms with Gasteiger partial charge in [-0.05, 0) is 24.5 Å². The molecule has 1 aliphatic rings. The maximum Gasteiger partial charge on any atom is 0.281 e. The van der Waals surface area contributed by atoms with Gasteiger partial charge < -0.3 is 4.74 Å². The molecule has 2 N–H and O–H groups in total. The van der Waals surface area contributed by atoms with E-state index >= 15 is 0 Å². The quantitative estimate of drug-likeness (QED) is 0.823. The van der Waals surface area contributed by atoms with Crippen molar-refractivity contribution < 1.29 is 14.3 Å². The average molecular weight is 317 g/mol. The van der Waals surface area contributed by atoms with Crippen molar-refractivity contribution in [3.63, 3.8) is 0 Å². The molecule has 2 aromatic rings. The Kier molecular flexibility index (Phi) is 4.17. The zero-order valence-corrected chi connectivity index (χ0v) is 12.8. The minimum atomic E-state index is -0.701. The Morgan fingerprint density at radius 2 is 2.14 bits per heavy atom. The zero-order chi connectivity index (χ0) is 15.5. The number of aromatic nitrogens is 1. The van der Waals surface area contributed by atoms with Crippen LogP contribution < -0.4 is 10.9 Å². The van der Waals surface area contributed by atoms with E-state index in [0.29, 0.717) is 17.2 Å². The van der Waals surface area contributed by atoms with E-state index in [4.69, 9.17) is 4.74 Å². The number of amides is 2. The zero-order valence-electron chi connectivity index (χ0n) is 12.0. The maximum atomic E-state index is 12.3. The van der Waals surface area contributed by atoms with E-state index in [1.807, 2.05) is 24.3 Å². The van der Waals surface area contributed by atoms with Crippen molar-refractivity contribution in [2.75, 3.05) is 6.61 Å². The van der Waals surface area contributed by atoms with Gasteiger partial charge in [0, 0.05) is 0 Å². The summed E-state index contributed by atoms with van der Waals surface area (Å²) in [6.07, 6.45) is 0.0830. The predicted molar refractivity (Wildman–Crippen MR) is 81.3 cm³/mol. The van der Waals surface area contributed by atoms with Crippen LogP contribution in [-0.2, 0) is 16.0 Å². The normalized spacial score (nSPS) is 16.7. The number of carbonyl (C=O) groups is 2. The molecular weight excluding hydrogens is 302 g/mol. The summed E-state index contributed by atoms with van der Waals surface area (Å²) in [4.78, 5) is 28.7. The number of benzene rings is 1. The topological polar surface area (TPSA) is 80.3 Å². The molecule has 7 heteroatoms. The van der Waals surface area contributed by atoms with Gasteiger partial charge in [-0.3, -0.25) is 20.4 Å². The third kappa shape index (κ3) is 2.86. The van der Waals surface area contributed by atoms with Gasteiger partial charge in [0.2, 0.25) is 0 Å². The molecule has 0 radical (unpaired) electrons. The summed E-state index contributed by atoms with van der Waals surface area (Å²) < 4.78 is 5.54. The van der Waals surface area contributed by atoms with Crippen molar-refractivity contribution in [2.24, 2.45) is 0 Å². The Bertz CT molecular complexity index is 714. The molecule has 0 saturated carbocycles. The van der Waals surface area contributed by atoms with Gasteiger partial charge in [0.15, 0.2) is 6.10 Å². The van der Waals surface area contributed by atoms with E-state index in [1.54, 1.807) is 12.4 Å². The molecule has 2 heterocycles. The molecule has 114 valence electrons. The fourth-order valence-corrected chi connectivity index (χ4v) is 3.07. The van der Waals surface area contributed by atoms with Crippen LogP contribution in [0.4, 0.5) is 0 Å². The third-order valence-electron chi connectivity index (χ3n) is 3.48. The highest BCUT2D eigenvalue weighted by Gasteiger charge is 2.27. The number of aryl methyl sites for hydroxylation is 1. The van der Waals surface area contributed by atoms with E-state index < -0.39 is 6.10 Å². The maximum absolute atomic E-state index is 12.3. The monoisotopic (exact) mass is 317 g/mol. The van der Waals surface area contributed by atoms with E-state index in [1.165, 1.54) is 11.3 Å². The first kappa shape index (κ1) is 14.7. The van der Waals surface area contributed by atoms with Gasteiger partial charge in [0.1, 0.15) is 4.88 Å². The Balaban J connectivity index is 1.66. The van der Waals surface area contributed by atoms with Crippen LogP contribution in [0.3, 0.4) is 0 Å². The van der Waals surface area contributed by atoms with Gasteiger partial charge in [0.25, 0.3) is 11.8 Å². The smallest absolute Gasteiger partial charge is 0.281 e. The van der Waals surface area contributed by atoms with Crippen molar-refractivity contribution in [2.45, 2.75) is 19.4 Å². The van der Waals surface area contributed by atoms with Crippen LogP contribution >= 0.6 is 11.3 Å². The van der Waals surface area contributed by atoms with Gasteiger partial charge in [-0.25, -0.2) is 4.98 Å². The number of nitrogens with one attached hydrogen (secondary N) is 2. The first-order valence-electron chi connectivity index (χ1n) is 6.86. The SMILES string of the molecule is Cc1ncsc1C(=O)NNC(=O)[C@H]1OCCc2ccccc21. The van der Waals surface area contributed by atoms with Crippen LogP contribution in [0.25, 0.3) is 0 Å². The minimum Gasteiger partial charge on any atom is -0.363 e. The summed E-state index contributed by atoms with van der Waals surface area (Å²) in [6, 6.07) is 7.66. The Morgan fingerprint density at radius 3 is 2.91 bits per heavy atom. The number of hydrogen-bond acceptors (Lipinski definition) is 5. The summed E-state index contributed by atoms with van der Waals surface area (Å²) in [6.45, 7) is 2.23. The lowest BCUT2D eigenvalue weighted by Gasteiger charge is -2.25. The summed E-state index contributed by atoms with van der Waals surface area (Å²) in [5, 5.41) is 0. The standard InChI is InChI=1S/C15H15N3O3S/c1-9-13(22-8-16-9)15(20)18-17-14(19)12-11-5-3-2-4-10(11)6-7-21-12/h2-5,8,12H,6-7H2,1H3,(H,17,19)(H,18,20)/t12-/m0/s1. The lowest BCUT2D eigenvalue weighted by molar-refractivity contribution is -0.134. The van der Waals surface area contributed by atoms with Gasteiger partial charge in [-0.15, -0.1) is 11.3 Å². The fraction of sp³-hybridized carbons (Fsp3) is 0.267. The molecule has 6 nitrogen and oxygen atoms in total. The molecule has 1 aromatic carbocycles. The first-order chi connectivity index (χ1) is 10.7. The molecule has 1 aromatic heterocycles. The molecular formula is C15H15N3O3S. The second-order valence-electron chi connectivity index (χ2n) is 4.91. The number of fused-ring (bicyclic) bond motifs is 1. The van der Waals surface area contributed by atoms with Gasteiger partial charge in [0.05, 0.1) is 17.8 Å². The summed E-state index contributed by atoms with van der Waals surface area (Å²) in [5.41, 5.74) is 8.99. The molecule has 0 bridgehead atoms. The highest BCUT2D eigenvalue weighted by atomic mass is 32.1. The van der Waals surface area contributed by atoms with Crippen LogP contribution in [0.1, 0.15) is 32.6 Å². The number of nitrogens with zero attached hydrogens (tertiary/aromatic N) is 1. The van der Waals surface area contributed by atoms with Gasteiger partial charge in [-0.1, -0.05) is 24.3 Å². The summed E-state index contributed by atoms with van der Waals surface area (Å²) in [7, 11) is 0. The largest absolute Gasteiger partial charge is 0.363 e. The average Bonchev–Trinajstić information content (AvgIpc) is 2.98. The molecule has 22 heavy (non-hydrogen) atoms. The second kappa shape index (κ2) is 6.25. The number of hydrazine groups is 1. The highest BCUT2D eigenvalue weighted by molar-refractivity contribution is 7.11. The number of ether oxygens (including phenoxy) is 1. The predicted octanol–water partition coefficient (Wildman–Crippen LogP) is 1.53. The Labute approximate surface area is 131 Å². The highest BCUT2D eigenvalue weighted by Crippen LogP contribution is 2.26. The van der Waals surface area contributed by atoms with Crippen molar-refractivity contribution in [1.29, 1.82) is 0 Å². The molecule has 0 saturated heterocycles. The number of rotatable bonds is 2. The van der Waals surface area contributed by atoms with Gasteiger partial charge in [-0.2, -0.15) is 0 Å². The fourth-order valence-electron chi connectivity index (χ4n) is 2.37. The number of thiazole rings is 1. The lowest BCUT2D eigenvalue weighted by Crippen LogP contribution is -2.45. The first-order valence-corrected chi connectivity index (χ1v) is 7.74. The Hall–Kier alpha value is -2.25. The minimum absolute atomic E-state index is 0.377. The Morgan fingerprint density at radius 1 is 1.32 bits per heavy atom. The second-order valence-corrected chi connectivity index (χ2v) is 5.76. The number of hydrogen-bond donors (Lipinski definition) is 2. The third-order valence-corrected chi connectivity index (χ3v) is 4.41. The van der Waals surface area contributed by atoms with E-state index in [2.05, 4.69) is 15.8 Å². The van der Waals surface area contributed by atoms with Crippen LogP contribution in [0, 0.1) is 6.92 Å². The number of carbonyl (C=O) groups excluding carboxylic acids is 2. The summed E-state index contributed by atoms with van der Waals surface area (Å²) in [5.74, 6) is -0.764. The molecule has 0 aliphatic carbocycles. The molecule has 0 fully saturated rings. The van der Waals surface area contributed by atoms with E-state index in [-0.39, 0.29) is 11.8 Å². The molecule has 0 unspecified atom stereocenters. The lowest BCUT2D eigenvalue weighted by atomic mass is 9.97. The van der Waals surface area contributed by atoms with Crippen molar-refractivity contribution in [3.8, 4) is 0 Å². The molecule has 1 atom stereocenters. The van der Waals surface area contributed by atoms with Crippen molar-refractivity contribution >= 4 is 23.2 Å². The van der Waals surface area contributed by atoms with E-state index in [9.17, 15) is 9.59 Å². The van der Waals surface area contributed by atoms with E-state index in [0.717, 1.165) is 17.5 Å².